The molecule has 3 aromatic rings. The number of aryl methyl sites for hydroxylation is 1. The lowest BCUT2D eigenvalue weighted by Gasteiger charge is -2.30. The van der Waals surface area contributed by atoms with Crippen molar-refractivity contribution < 1.29 is 9.53 Å². The van der Waals surface area contributed by atoms with E-state index in [1.165, 1.54) is 11.1 Å². The average molecular weight is 406 g/mol. The van der Waals surface area contributed by atoms with Crippen LogP contribution in [0.25, 0.3) is 0 Å². The van der Waals surface area contributed by atoms with Gasteiger partial charge in [-0.1, -0.05) is 29.8 Å². The van der Waals surface area contributed by atoms with Gasteiger partial charge in [-0.3, -0.25) is 9.69 Å². The molecule has 0 N–H and O–H groups in total. The lowest BCUT2D eigenvalue weighted by molar-refractivity contribution is 0.0831. The molecule has 1 aliphatic rings. The number of likely N-dealkylation sites (tertiary alicyclic amines) is 1. The van der Waals surface area contributed by atoms with Crippen molar-refractivity contribution in [2.24, 2.45) is 5.92 Å². The molecule has 1 saturated heterocycles. The molecule has 0 atom stereocenters. The monoisotopic (exact) mass is 405 g/mol. The predicted octanol–water partition coefficient (Wildman–Crippen LogP) is 3.13. The largest absolute Gasteiger partial charge is 0.497 e. The number of benzene rings is 2. The Labute approximate surface area is 176 Å². The Bertz CT molecular complexity index is 974. The molecule has 7 heteroatoms. The first kappa shape index (κ1) is 20.2. The van der Waals surface area contributed by atoms with E-state index in [-0.39, 0.29) is 11.7 Å². The molecule has 2 heterocycles. The highest BCUT2D eigenvalue weighted by atomic mass is 16.5. The molecular weight excluding hydrogens is 378 g/mol. The Morgan fingerprint density at radius 2 is 1.73 bits per heavy atom. The number of ketones is 1. The van der Waals surface area contributed by atoms with E-state index < -0.39 is 0 Å². The first-order valence-electron chi connectivity index (χ1n) is 10.3. The van der Waals surface area contributed by atoms with Gasteiger partial charge in [0.25, 0.3) is 0 Å². The number of aromatic nitrogens is 4. The molecular formula is C23H27N5O2. The van der Waals surface area contributed by atoms with E-state index in [1.54, 1.807) is 7.11 Å². The highest BCUT2D eigenvalue weighted by Gasteiger charge is 2.26. The third kappa shape index (κ3) is 4.74. The van der Waals surface area contributed by atoms with Crippen LogP contribution in [0.1, 0.15) is 40.2 Å². The lowest BCUT2D eigenvalue weighted by atomic mass is 9.89. The van der Waals surface area contributed by atoms with Crippen LogP contribution in [-0.4, -0.2) is 51.1 Å². The molecule has 4 rings (SSSR count). The summed E-state index contributed by atoms with van der Waals surface area (Å²) in [5, 5.41) is 12.3. The van der Waals surface area contributed by atoms with Gasteiger partial charge in [0.2, 0.25) is 0 Å². The van der Waals surface area contributed by atoms with Crippen LogP contribution in [0.15, 0.2) is 48.5 Å². The maximum atomic E-state index is 12.8. The van der Waals surface area contributed by atoms with Crippen LogP contribution in [-0.2, 0) is 13.1 Å². The minimum absolute atomic E-state index is 0.0678. The second-order valence-corrected chi connectivity index (χ2v) is 7.88. The maximum absolute atomic E-state index is 12.8. The number of carbonyl (C=O) groups excluding carboxylic acids is 1. The molecule has 156 valence electrons. The first-order valence-corrected chi connectivity index (χ1v) is 10.3. The molecule has 30 heavy (non-hydrogen) atoms. The second-order valence-electron chi connectivity index (χ2n) is 7.88. The average Bonchev–Trinajstić information content (AvgIpc) is 3.22. The van der Waals surface area contributed by atoms with Crippen LogP contribution >= 0.6 is 0 Å². The minimum atomic E-state index is 0.0678. The number of hydrogen-bond acceptors (Lipinski definition) is 6. The van der Waals surface area contributed by atoms with Gasteiger partial charge in [0.05, 0.1) is 20.2 Å². The summed E-state index contributed by atoms with van der Waals surface area (Å²) in [6, 6.07) is 15.8. The van der Waals surface area contributed by atoms with Gasteiger partial charge in [0, 0.05) is 11.5 Å². The topological polar surface area (TPSA) is 73.1 Å². The SMILES string of the molecule is COc1ccc(C(=O)C2CCN(Cc3nnnn3Cc3ccc(C)cc3)CC2)cc1. The molecule has 0 radical (unpaired) electrons. The fraction of sp³-hybridized carbons (Fsp3) is 0.391. The number of rotatable bonds is 7. The van der Waals surface area contributed by atoms with Crippen LogP contribution in [0.2, 0.25) is 0 Å². The molecule has 1 fully saturated rings. The fourth-order valence-corrected chi connectivity index (χ4v) is 3.87. The van der Waals surface area contributed by atoms with E-state index in [0.717, 1.165) is 43.1 Å². The summed E-state index contributed by atoms with van der Waals surface area (Å²) in [6.45, 7) is 5.17. The Morgan fingerprint density at radius 3 is 2.40 bits per heavy atom. The number of nitrogens with zero attached hydrogens (tertiary/aromatic N) is 5. The summed E-state index contributed by atoms with van der Waals surface area (Å²) in [6.07, 6.45) is 1.70. The highest BCUT2D eigenvalue weighted by molar-refractivity contribution is 5.98. The van der Waals surface area contributed by atoms with E-state index in [2.05, 4.69) is 51.6 Å². The zero-order valence-corrected chi connectivity index (χ0v) is 17.5. The molecule has 0 amide bonds. The van der Waals surface area contributed by atoms with Crippen molar-refractivity contribution in [3.05, 3.63) is 71.0 Å². The fourth-order valence-electron chi connectivity index (χ4n) is 3.87. The summed E-state index contributed by atoms with van der Waals surface area (Å²) in [4.78, 5) is 15.1. The van der Waals surface area contributed by atoms with Crippen LogP contribution in [0.3, 0.4) is 0 Å². The number of methoxy groups -OCH3 is 1. The summed E-state index contributed by atoms with van der Waals surface area (Å²) in [5.74, 6) is 1.92. The Hall–Kier alpha value is -3.06. The van der Waals surface area contributed by atoms with Gasteiger partial charge < -0.3 is 4.74 Å². The molecule has 0 bridgehead atoms. The predicted molar refractivity (Wildman–Crippen MR) is 113 cm³/mol. The van der Waals surface area contributed by atoms with Gasteiger partial charge in [-0.25, -0.2) is 4.68 Å². The molecule has 0 aliphatic carbocycles. The second kappa shape index (κ2) is 9.17. The van der Waals surface area contributed by atoms with Crippen molar-refractivity contribution in [3.8, 4) is 5.75 Å². The van der Waals surface area contributed by atoms with Crippen molar-refractivity contribution >= 4 is 5.78 Å². The smallest absolute Gasteiger partial charge is 0.166 e. The number of Topliss-reactive ketones (excluding diaryl/α,β-unsaturated/α-hetero) is 1. The standard InChI is InChI=1S/C23H27N5O2/c1-17-3-5-18(6-4-17)15-28-22(24-25-26-28)16-27-13-11-20(12-14-27)23(29)19-7-9-21(30-2)10-8-19/h3-10,20H,11-16H2,1-2H3. The van der Waals surface area contributed by atoms with Crippen LogP contribution in [0.5, 0.6) is 5.75 Å². The molecule has 0 spiro atoms. The van der Waals surface area contributed by atoms with Gasteiger partial charge in [0.1, 0.15) is 5.75 Å². The van der Waals surface area contributed by atoms with Gasteiger partial charge in [-0.05, 0) is 73.1 Å². The third-order valence-corrected chi connectivity index (χ3v) is 5.76. The normalized spacial score (nSPS) is 15.3. The van der Waals surface area contributed by atoms with E-state index in [9.17, 15) is 4.79 Å². The van der Waals surface area contributed by atoms with E-state index in [1.807, 2.05) is 28.9 Å². The van der Waals surface area contributed by atoms with Crippen LogP contribution in [0.4, 0.5) is 0 Å². The maximum Gasteiger partial charge on any atom is 0.166 e. The molecule has 1 aliphatic heterocycles. The van der Waals surface area contributed by atoms with Crippen molar-refractivity contribution in [3.63, 3.8) is 0 Å². The van der Waals surface area contributed by atoms with E-state index in [0.29, 0.717) is 13.1 Å². The van der Waals surface area contributed by atoms with Crippen molar-refractivity contribution in [1.82, 2.24) is 25.1 Å². The first-order chi connectivity index (χ1) is 14.6. The van der Waals surface area contributed by atoms with Crippen LogP contribution < -0.4 is 4.74 Å². The summed E-state index contributed by atoms with van der Waals surface area (Å²) >= 11 is 0. The van der Waals surface area contributed by atoms with Gasteiger partial charge in [-0.2, -0.15) is 0 Å². The Kier molecular flexibility index (Phi) is 6.18. The van der Waals surface area contributed by atoms with Gasteiger partial charge in [0.15, 0.2) is 11.6 Å². The lowest BCUT2D eigenvalue weighted by Crippen LogP contribution is -2.36. The zero-order chi connectivity index (χ0) is 20.9. The molecule has 2 aromatic carbocycles. The summed E-state index contributed by atoms with van der Waals surface area (Å²) in [7, 11) is 1.63. The van der Waals surface area contributed by atoms with Crippen LogP contribution in [0, 0.1) is 12.8 Å². The molecule has 0 saturated carbocycles. The summed E-state index contributed by atoms with van der Waals surface area (Å²) < 4.78 is 7.03. The molecule has 7 nitrogen and oxygen atoms in total. The van der Waals surface area contributed by atoms with Gasteiger partial charge in [-0.15, -0.1) is 5.10 Å². The third-order valence-electron chi connectivity index (χ3n) is 5.76. The van der Waals surface area contributed by atoms with Crippen molar-refractivity contribution in [2.75, 3.05) is 20.2 Å². The number of piperidine rings is 1. The molecule has 0 unspecified atom stereocenters. The number of ether oxygens (including phenoxy) is 1. The molecule has 1 aromatic heterocycles. The number of hydrogen-bond donors (Lipinski definition) is 0. The Balaban J connectivity index is 1.32. The highest BCUT2D eigenvalue weighted by Crippen LogP contribution is 2.24. The minimum Gasteiger partial charge on any atom is -0.497 e. The number of carbonyl (C=O) groups is 1. The zero-order valence-electron chi connectivity index (χ0n) is 17.5. The van der Waals surface area contributed by atoms with Crippen molar-refractivity contribution in [1.29, 1.82) is 0 Å². The van der Waals surface area contributed by atoms with Crippen molar-refractivity contribution in [2.45, 2.75) is 32.9 Å². The number of tetrazole rings is 1. The quantitative estimate of drug-likeness (QED) is 0.563. The van der Waals surface area contributed by atoms with E-state index >= 15 is 0 Å². The Morgan fingerprint density at radius 1 is 1.03 bits per heavy atom. The summed E-state index contributed by atoms with van der Waals surface area (Å²) in [5.41, 5.74) is 3.18. The van der Waals surface area contributed by atoms with E-state index in [4.69, 9.17) is 4.74 Å². The van der Waals surface area contributed by atoms with Gasteiger partial charge >= 0.3 is 0 Å².